The van der Waals surface area contributed by atoms with Crippen molar-refractivity contribution < 1.29 is 0 Å². The van der Waals surface area contributed by atoms with Crippen molar-refractivity contribution >= 4 is 11.6 Å². The molecule has 0 saturated heterocycles. The van der Waals surface area contributed by atoms with E-state index in [1.807, 2.05) is 0 Å². The van der Waals surface area contributed by atoms with E-state index in [0.29, 0.717) is 5.92 Å². The van der Waals surface area contributed by atoms with E-state index >= 15 is 0 Å². The molecule has 112 valence electrons. The Morgan fingerprint density at radius 3 is 2.52 bits per heavy atom. The third kappa shape index (κ3) is 2.67. The van der Waals surface area contributed by atoms with Gasteiger partial charge < -0.3 is 4.90 Å². The van der Waals surface area contributed by atoms with Gasteiger partial charge in [-0.1, -0.05) is 37.5 Å². The lowest BCUT2D eigenvalue weighted by atomic mass is 9.89. The van der Waals surface area contributed by atoms with E-state index in [-0.39, 0.29) is 0 Å². The van der Waals surface area contributed by atoms with Gasteiger partial charge in [-0.05, 0) is 31.4 Å². The van der Waals surface area contributed by atoms with Gasteiger partial charge >= 0.3 is 0 Å². The number of rotatable bonds is 3. The number of hydrogen-bond acceptors (Lipinski definition) is 3. The molecule has 1 aliphatic carbocycles. The van der Waals surface area contributed by atoms with Crippen LogP contribution in [0.4, 0.5) is 11.6 Å². The van der Waals surface area contributed by atoms with Crippen molar-refractivity contribution in [1.82, 2.24) is 14.8 Å². The van der Waals surface area contributed by atoms with Crippen LogP contribution in [0, 0.1) is 6.92 Å². The van der Waals surface area contributed by atoms with E-state index in [0.717, 1.165) is 11.8 Å². The quantitative estimate of drug-likeness (QED) is 0.856. The highest BCUT2D eigenvalue weighted by atomic mass is 15.4. The average molecular weight is 284 g/mol. The van der Waals surface area contributed by atoms with Gasteiger partial charge in [0.15, 0.2) is 0 Å². The Morgan fingerprint density at radius 1 is 1.10 bits per heavy atom. The molecule has 0 unspecified atom stereocenters. The highest BCUT2D eigenvalue weighted by Crippen LogP contribution is 2.33. The minimum Gasteiger partial charge on any atom is -0.313 e. The lowest BCUT2D eigenvalue weighted by molar-refractivity contribution is 0.420. The molecule has 21 heavy (non-hydrogen) atoms. The zero-order valence-corrected chi connectivity index (χ0v) is 13.2. The summed E-state index contributed by atoms with van der Waals surface area (Å²) < 4.78 is 2.17. The maximum atomic E-state index is 4.49. The topological polar surface area (TPSA) is 34.0 Å². The number of nitrogens with zero attached hydrogens (tertiary/aromatic N) is 4. The van der Waals surface area contributed by atoms with Crippen LogP contribution in [-0.4, -0.2) is 21.8 Å². The highest BCUT2D eigenvalue weighted by molar-refractivity contribution is 5.60. The molecule has 0 aliphatic heterocycles. The summed E-state index contributed by atoms with van der Waals surface area (Å²) in [7, 11) is 4.16. The van der Waals surface area contributed by atoms with Crippen LogP contribution < -0.4 is 4.90 Å². The molecule has 4 nitrogen and oxygen atoms in total. The summed E-state index contributed by atoms with van der Waals surface area (Å²) in [6, 6.07) is 8.39. The van der Waals surface area contributed by atoms with Gasteiger partial charge in [0.05, 0.1) is 0 Å². The first kappa shape index (κ1) is 14.1. The van der Waals surface area contributed by atoms with E-state index in [1.165, 1.54) is 43.4 Å². The Balaban J connectivity index is 1.89. The first-order valence-corrected chi connectivity index (χ1v) is 7.87. The molecule has 1 aromatic heterocycles. The summed E-state index contributed by atoms with van der Waals surface area (Å²) in [6.45, 7) is 2.13. The maximum Gasteiger partial charge on any atom is 0.231 e. The number of anilines is 2. The molecule has 4 heteroatoms. The number of benzene rings is 1. The third-order valence-electron chi connectivity index (χ3n) is 4.63. The summed E-state index contributed by atoms with van der Waals surface area (Å²) in [5.74, 6) is 2.64. The Labute approximate surface area is 126 Å². The molecule has 0 N–H and O–H groups in total. The summed E-state index contributed by atoms with van der Waals surface area (Å²) in [5.41, 5.74) is 2.44. The first-order valence-electron chi connectivity index (χ1n) is 7.87. The molecule has 0 amide bonds. The fourth-order valence-corrected chi connectivity index (χ4v) is 3.39. The number of para-hydroxylation sites is 1. The molecular weight excluding hydrogens is 260 g/mol. The second kappa shape index (κ2) is 5.88. The Morgan fingerprint density at radius 2 is 1.81 bits per heavy atom. The zero-order chi connectivity index (χ0) is 14.8. The van der Waals surface area contributed by atoms with Crippen LogP contribution in [0.15, 0.2) is 24.3 Å². The molecule has 0 atom stereocenters. The van der Waals surface area contributed by atoms with Crippen LogP contribution in [0.5, 0.6) is 0 Å². The van der Waals surface area contributed by atoms with Crippen molar-refractivity contribution in [3.63, 3.8) is 0 Å². The van der Waals surface area contributed by atoms with Crippen LogP contribution in [0.3, 0.4) is 0 Å². The second-order valence-corrected chi connectivity index (χ2v) is 6.10. The molecule has 1 fully saturated rings. The largest absolute Gasteiger partial charge is 0.313 e. The molecular formula is C17H24N4. The molecule has 0 spiro atoms. The van der Waals surface area contributed by atoms with E-state index in [9.17, 15) is 0 Å². The molecule has 0 bridgehead atoms. The van der Waals surface area contributed by atoms with Crippen LogP contribution in [0.1, 0.15) is 49.4 Å². The number of hydrogen-bond donors (Lipinski definition) is 0. The van der Waals surface area contributed by atoms with E-state index in [1.54, 1.807) is 0 Å². The fraction of sp³-hybridized carbons (Fsp3) is 0.529. The van der Waals surface area contributed by atoms with Gasteiger partial charge in [-0.15, -0.1) is 10.2 Å². The lowest BCUT2D eigenvalue weighted by Crippen LogP contribution is -2.17. The minimum atomic E-state index is 0.579. The van der Waals surface area contributed by atoms with Crippen molar-refractivity contribution in [2.45, 2.75) is 44.9 Å². The predicted octanol–water partition coefficient (Wildman–Crippen LogP) is 3.94. The first-order chi connectivity index (χ1) is 10.2. The van der Waals surface area contributed by atoms with Crippen LogP contribution in [-0.2, 0) is 7.05 Å². The van der Waals surface area contributed by atoms with Crippen molar-refractivity contribution in [2.24, 2.45) is 7.05 Å². The Kier molecular flexibility index (Phi) is 3.95. The molecule has 1 aliphatic rings. The van der Waals surface area contributed by atoms with Crippen LogP contribution in [0.25, 0.3) is 0 Å². The van der Waals surface area contributed by atoms with E-state index in [2.05, 4.69) is 64.9 Å². The van der Waals surface area contributed by atoms with Crippen molar-refractivity contribution in [3.8, 4) is 0 Å². The molecule has 1 aromatic carbocycles. The Bertz CT molecular complexity index is 611. The summed E-state index contributed by atoms with van der Waals surface area (Å²) >= 11 is 0. The summed E-state index contributed by atoms with van der Waals surface area (Å²) in [6.07, 6.45) is 6.51. The maximum absolute atomic E-state index is 4.49. The fourth-order valence-electron chi connectivity index (χ4n) is 3.39. The third-order valence-corrected chi connectivity index (χ3v) is 4.63. The SMILES string of the molecule is Cc1ccccc1N(C)c1nnc(C2CCCCC2)n1C. The molecule has 2 aromatic rings. The van der Waals surface area contributed by atoms with Crippen LogP contribution in [0.2, 0.25) is 0 Å². The van der Waals surface area contributed by atoms with Gasteiger partial charge in [-0.2, -0.15) is 0 Å². The van der Waals surface area contributed by atoms with Gasteiger partial charge in [-0.25, -0.2) is 0 Å². The van der Waals surface area contributed by atoms with Gasteiger partial charge in [0.25, 0.3) is 0 Å². The smallest absolute Gasteiger partial charge is 0.231 e. The van der Waals surface area contributed by atoms with Gasteiger partial charge in [-0.3, -0.25) is 4.57 Å². The monoisotopic (exact) mass is 284 g/mol. The van der Waals surface area contributed by atoms with Gasteiger partial charge in [0, 0.05) is 25.7 Å². The van der Waals surface area contributed by atoms with Gasteiger partial charge in [0.1, 0.15) is 5.82 Å². The van der Waals surface area contributed by atoms with E-state index < -0.39 is 0 Å². The zero-order valence-electron chi connectivity index (χ0n) is 13.2. The van der Waals surface area contributed by atoms with Gasteiger partial charge in [0.2, 0.25) is 5.95 Å². The lowest BCUT2D eigenvalue weighted by Gasteiger charge is -2.23. The van der Waals surface area contributed by atoms with E-state index in [4.69, 9.17) is 0 Å². The highest BCUT2D eigenvalue weighted by Gasteiger charge is 2.23. The van der Waals surface area contributed by atoms with Crippen molar-refractivity contribution in [2.75, 3.05) is 11.9 Å². The second-order valence-electron chi connectivity index (χ2n) is 6.10. The standard InChI is InChI=1S/C17H24N4/c1-13-9-7-8-12-15(13)20(2)17-19-18-16(21(17)3)14-10-5-4-6-11-14/h7-9,12,14H,4-6,10-11H2,1-3H3. The minimum absolute atomic E-state index is 0.579. The number of aromatic nitrogens is 3. The normalized spacial score (nSPS) is 16.1. The molecule has 3 rings (SSSR count). The summed E-state index contributed by atoms with van der Waals surface area (Å²) in [4.78, 5) is 2.13. The summed E-state index contributed by atoms with van der Waals surface area (Å²) in [5, 5.41) is 8.93. The predicted molar refractivity (Wildman–Crippen MR) is 86.1 cm³/mol. The van der Waals surface area contributed by atoms with Crippen molar-refractivity contribution in [3.05, 3.63) is 35.7 Å². The Hall–Kier alpha value is -1.84. The molecule has 1 heterocycles. The van der Waals surface area contributed by atoms with Crippen molar-refractivity contribution in [1.29, 1.82) is 0 Å². The van der Waals surface area contributed by atoms with Crippen LogP contribution >= 0.6 is 0 Å². The average Bonchev–Trinajstić information content (AvgIpc) is 2.90. The number of aryl methyl sites for hydroxylation is 1. The molecule has 0 radical (unpaired) electrons. The molecule has 1 saturated carbocycles.